The molecule has 0 radical (unpaired) electrons. The highest BCUT2D eigenvalue weighted by Gasteiger charge is 2.39. The minimum Gasteiger partial charge on any atom is -0.468 e. The van der Waals surface area contributed by atoms with Crippen molar-refractivity contribution in [3.63, 3.8) is 0 Å². The molecule has 1 heterocycles. The van der Waals surface area contributed by atoms with Gasteiger partial charge in [0.05, 0.1) is 7.11 Å². The van der Waals surface area contributed by atoms with Crippen molar-refractivity contribution in [3.8, 4) is 0 Å². The molecule has 0 amide bonds. The average Bonchev–Trinajstić information content (AvgIpc) is 2.83. The molecule has 2 unspecified atom stereocenters. The van der Waals surface area contributed by atoms with Crippen LogP contribution in [0.4, 0.5) is 0 Å². The topological polar surface area (TPSA) is 55.8 Å². The summed E-state index contributed by atoms with van der Waals surface area (Å²) in [7, 11) is 1.37. The normalized spacial score (nSPS) is 23.0. The van der Waals surface area contributed by atoms with Gasteiger partial charge in [-0.1, -0.05) is 30.3 Å². The largest absolute Gasteiger partial charge is 0.468 e. The van der Waals surface area contributed by atoms with Gasteiger partial charge in [0.15, 0.2) is 6.23 Å². The quantitative estimate of drug-likeness (QED) is 0.592. The summed E-state index contributed by atoms with van der Waals surface area (Å²) in [6, 6.07) is 9.41. The number of nitrogens with zero attached hydrogens (tertiary/aromatic N) is 1. The Balaban J connectivity index is 2.14. The molecule has 1 aliphatic rings. The number of hydrogen-bond donors (Lipinski definition) is 0. The molecule has 0 saturated carbocycles. The standard InChI is InChI=1S/C14H17NO4/c1-18-14(17)12-7-8-13(19-10-16)15(12)9-11-5-3-2-4-6-11/h2-6,10,12-13H,7-9H2,1H3. The number of ether oxygens (including phenoxy) is 2. The third-order valence-corrected chi connectivity index (χ3v) is 3.35. The van der Waals surface area contributed by atoms with E-state index in [1.807, 2.05) is 35.2 Å². The molecule has 1 aliphatic heterocycles. The lowest BCUT2D eigenvalue weighted by atomic mass is 10.2. The van der Waals surface area contributed by atoms with E-state index in [2.05, 4.69) is 0 Å². The van der Waals surface area contributed by atoms with Crippen LogP contribution in [0.2, 0.25) is 0 Å². The van der Waals surface area contributed by atoms with Gasteiger partial charge in [0.25, 0.3) is 6.47 Å². The zero-order valence-electron chi connectivity index (χ0n) is 10.8. The van der Waals surface area contributed by atoms with E-state index in [0.29, 0.717) is 25.9 Å². The number of methoxy groups -OCH3 is 1. The Bertz CT molecular complexity index is 434. The van der Waals surface area contributed by atoms with Crippen molar-refractivity contribution in [2.75, 3.05) is 7.11 Å². The fraction of sp³-hybridized carbons (Fsp3) is 0.429. The van der Waals surface area contributed by atoms with Crippen LogP contribution in [-0.4, -0.2) is 36.7 Å². The van der Waals surface area contributed by atoms with E-state index in [-0.39, 0.29) is 18.2 Å². The van der Waals surface area contributed by atoms with E-state index in [1.54, 1.807) is 0 Å². The maximum Gasteiger partial charge on any atom is 0.323 e. The number of rotatable bonds is 5. The second-order valence-electron chi connectivity index (χ2n) is 4.46. The molecular formula is C14H17NO4. The summed E-state index contributed by atoms with van der Waals surface area (Å²) < 4.78 is 9.85. The summed E-state index contributed by atoms with van der Waals surface area (Å²) >= 11 is 0. The van der Waals surface area contributed by atoms with E-state index in [9.17, 15) is 9.59 Å². The zero-order valence-corrected chi connectivity index (χ0v) is 10.8. The Morgan fingerprint density at radius 2 is 2.11 bits per heavy atom. The van der Waals surface area contributed by atoms with Crippen LogP contribution in [0.5, 0.6) is 0 Å². The summed E-state index contributed by atoms with van der Waals surface area (Å²) in [5.41, 5.74) is 1.07. The summed E-state index contributed by atoms with van der Waals surface area (Å²) in [5, 5.41) is 0. The average molecular weight is 263 g/mol. The summed E-state index contributed by atoms with van der Waals surface area (Å²) in [5.74, 6) is -0.284. The first-order valence-corrected chi connectivity index (χ1v) is 6.23. The molecule has 1 aromatic carbocycles. The van der Waals surface area contributed by atoms with Crippen LogP contribution in [0, 0.1) is 0 Å². The third kappa shape index (κ3) is 3.12. The van der Waals surface area contributed by atoms with E-state index in [0.717, 1.165) is 5.56 Å². The van der Waals surface area contributed by atoms with Crippen LogP contribution in [0.1, 0.15) is 18.4 Å². The van der Waals surface area contributed by atoms with Crippen molar-refractivity contribution >= 4 is 12.4 Å². The van der Waals surface area contributed by atoms with Gasteiger partial charge in [-0.25, -0.2) is 0 Å². The minimum atomic E-state index is -0.359. The summed E-state index contributed by atoms with van der Waals surface area (Å²) in [4.78, 5) is 24.2. The smallest absolute Gasteiger partial charge is 0.323 e. The molecule has 2 atom stereocenters. The van der Waals surface area contributed by atoms with Crippen LogP contribution >= 0.6 is 0 Å². The van der Waals surface area contributed by atoms with Crippen molar-refractivity contribution < 1.29 is 19.1 Å². The molecule has 19 heavy (non-hydrogen) atoms. The van der Waals surface area contributed by atoms with Gasteiger partial charge in [-0.05, 0) is 12.0 Å². The molecular weight excluding hydrogens is 246 g/mol. The highest BCUT2D eigenvalue weighted by molar-refractivity contribution is 5.76. The molecule has 0 N–H and O–H groups in total. The van der Waals surface area contributed by atoms with Crippen LogP contribution in [0.25, 0.3) is 0 Å². The van der Waals surface area contributed by atoms with E-state index in [4.69, 9.17) is 9.47 Å². The molecule has 2 rings (SSSR count). The molecule has 0 spiro atoms. The Morgan fingerprint density at radius 1 is 1.37 bits per heavy atom. The number of benzene rings is 1. The van der Waals surface area contributed by atoms with Gasteiger partial charge in [0.1, 0.15) is 6.04 Å². The minimum absolute atomic E-state index is 0.284. The predicted octanol–water partition coefficient (Wildman–Crippen LogP) is 1.32. The second-order valence-corrected chi connectivity index (χ2v) is 4.46. The van der Waals surface area contributed by atoms with E-state index < -0.39 is 0 Å². The second kappa shape index (κ2) is 6.33. The van der Waals surface area contributed by atoms with Gasteiger partial charge >= 0.3 is 5.97 Å². The van der Waals surface area contributed by atoms with Crippen LogP contribution < -0.4 is 0 Å². The molecule has 5 nitrogen and oxygen atoms in total. The Labute approximate surface area is 112 Å². The van der Waals surface area contributed by atoms with Gasteiger partial charge in [-0.3, -0.25) is 14.5 Å². The molecule has 0 aromatic heterocycles. The molecule has 1 aromatic rings. The fourth-order valence-electron chi connectivity index (χ4n) is 2.44. The number of esters is 1. The van der Waals surface area contributed by atoms with Gasteiger partial charge in [0.2, 0.25) is 0 Å². The maximum atomic E-state index is 11.8. The summed E-state index contributed by atoms with van der Waals surface area (Å²) in [6.45, 7) is 0.988. The number of hydrogen-bond acceptors (Lipinski definition) is 5. The predicted molar refractivity (Wildman–Crippen MR) is 68.0 cm³/mol. The van der Waals surface area contributed by atoms with Crippen molar-refractivity contribution in [1.29, 1.82) is 0 Å². The highest BCUT2D eigenvalue weighted by atomic mass is 16.5. The number of carbonyl (C=O) groups is 2. The Kier molecular flexibility index (Phi) is 4.52. The lowest BCUT2D eigenvalue weighted by Gasteiger charge is -2.27. The van der Waals surface area contributed by atoms with E-state index in [1.165, 1.54) is 7.11 Å². The van der Waals surface area contributed by atoms with E-state index >= 15 is 0 Å². The lowest BCUT2D eigenvalue weighted by molar-refractivity contribution is -0.154. The molecule has 1 saturated heterocycles. The summed E-state index contributed by atoms with van der Waals surface area (Å²) in [6.07, 6.45) is 0.922. The first-order chi connectivity index (χ1) is 9.26. The van der Waals surface area contributed by atoms with Crippen molar-refractivity contribution in [2.24, 2.45) is 0 Å². The van der Waals surface area contributed by atoms with Crippen LogP contribution in [-0.2, 0) is 25.6 Å². The Hall–Kier alpha value is -1.88. The van der Waals surface area contributed by atoms with Crippen molar-refractivity contribution in [2.45, 2.75) is 31.7 Å². The maximum absolute atomic E-state index is 11.8. The zero-order chi connectivity index (χ0) is 13.7. The van der Waals surface area contributed by atoms with Crippen LogP contribution in [0.15, 0.2) is 30.3 Å². The van der Waals surface area contributed by atoms with Gasteiger partial charge in [0, 0.05) is 13.0 Å². The van der Waals surface area contributed by atoms with Crippen molar-refractivity contribution in [3.05, 3.63) is 35.9 Å². The first kappa shape index (κ1) is 13.5. The van der Waals surface area contributed by atoms with Gasteiger partial charge in [-0.2, -0.15) is 0 Å². The molecule has 102 valence electrons. The number of likely N-dealkylation sites (tertiary alicyclic amines) is 1. The molecule has 5 heteroatoms. The third-order valence-electron chi connectivity index (χ3n) is 3.35. The number of carbonyl (C=O) groups excluding carboxylic acids is 2. The monoisotopic (exact) mass is 263 g/mol. The van der Waals surface area contributed by atoms with Gasteiger partial charge < -0.3 is 9.47 Å². The lowest BCUT2D eigenvalue weighted by Crippen LogP contribution is -2.41. The van der Waals surface area contributed by atoms with Crippen molar-refractivity contribution in [1.82, 2.24) is 4.90 Å². The van der Waals surface area contributed by atoms with Crippen LogP contribution in [0.3, 0.4) is 0 Å². The highest BCUT2D eigenvalue weighted by Crippen LogP contribution is 2.27. The van der Waals surface area contributed by atoms with Gasteiger partial charge in [-0.15, -0.1) is 0 Å². The molecule has 0 aliphatic carbocycles. The molecule has 1 fully saturated rings. The first-order valence-electron chi connectivity index (χ1n) is 6.23. The molecule has 0 bridgehead atoms. The SMILES string of the molecule is COC(=O)C1CCC(OC=O)N1Cc1ccccc1. The fourth-order valence-corrected chi connectivity index (χ4v) is 2.44. The Morgan fingerprint density at radius 3 is 2.74 bits per heavy atom.